The van der Waals surface area contributed by atoms with Crippen molar-refractivity contribution in [1.29, 1.82) is 5.26 Å². The number of aryl methyl sites for hydroxylation is 1. The van der Waals surface area contributed by atoms with Crippen LogP contribution in [0.2, 0.25) is 0 Å². The molecule has 6 heteroatoms. The second-order valence-corrected chi connectivity index (χ2v) is 9.53. The Labute approximate surface area is 177 Å². The molecule has 2 heterocycles. The largest absolute Gasteiger partial charge is 0.257 e. The molecule has 0 amide bonds. The third kappa shape index (κ3) is 4.02. The summed E-state index contributed by atoms with van der Waals surface area (Å²) in [6.07, 6.45) is 2.80. The Hall–Kier alpha value is -2.75. The first-order chi connectivity index (χ1) is 14.1. The predicted molar refractivity (Wildman–Crippen MR) is 121 cm³/mol. The molecule has 0 fully saturated rings. The van der Waals surface area contributed by atoms with E-state index < -0.39 is 10.8 Å². The van der Waals surface area contributed by atoms with Crippen molar-refractivity contribution in [3.63, 3.8) is 0 Å². The molecule has 2 unspecified atom stereocenters. The molecule has 146 valence electrons. The second-order valence-electron chi connectivity index (χ2n) is 7.04. The van der Waals surface area contributed by atoms with Gasteiger partial charge in [-0.15, -0.1) is 11.3 Å². The van der Waals surface area contributed by atoms with Crippen LogP contribution in [0.1, 0.15) is 29.3 Å². The molecule has 1 aliphatic heterocycles. The SMILES string of the molecule is Cc1ccccc1N1N=C(CC#N)CC1c1ccc(-c2cccc(S(C)=O)c2)s1. The number of para-hydroxylation sites is 1. The first-order valence-electron chi connectivity index (χ1n) is 9.38. The Balaban J connectivity index is 1.69. The lowest BCUT2D eigenvalue weighted by atomic mass is 10.1. The number of hydrogen-bond acceptors (Lipinski definition) is 5. The molecule has 0 N–H and O–H groups in total. The summed E-state index contributed by atoms with van der Waals surface area (Å²) in [6.45, 7) is 2.08. The summed E-state index contributed by atoms with van der Waals surface area (Å²) in [5.74, 6) is 0. The van der Waals surface area contributed by atoms with Gasteiger partial charge in [-0.25, -0.2) is 0 Å². The van der Waals surface area contributed by atoms with Crippen LogP contribution in [0.3, 0.4) is 0 Å². The molecule has 0 saturated carbocycles. The van der Waals surface area contributed by atoms with E-state index in [0.717, 1.165) is 38.7 Å². The Kier molecular flexibility index (Phi) is 5.61. The number of anilines is 1. The molecule has 3 aromatic rings. The van der Waals surface area contributed by atoms with E-state index in [2.05, 4.69) is 48.3 Å². The molecule has 1 aliphatic rings. The van der Waals surface area contributed by atoms with E-state index in [0.29, 0.717) is 6.42 Å². The third-order valence-corrected chi connectivity index (χ3v) is 7.18. The summed E-state index contributed by atoms with van der Waals surface area (Å²) >= 11 is 1.73. The van der Waals surface area contributed by atoms with E-state index in [1.165, 1.54) is 4.88 Å². The Morgan fingerprint density at radius 2 is 2.03 bits per heavy atom. The highest BCUT2D eigenvalue weighted by molar-refractivity contribution is 7.84. The number of nitrogens with zero attached hydrogens (tertiary/aromatic N) is 3. The van der Waals surface area contributed by atoms with Gasteiger partial charge in [0.2, 0.25) is 0 Å². The minimum atomic E-state index is -1.00. The minimum Gasteiger partial charge on any atom is -0.257 e. The van der Waals surface area contributed by atoms with Crippen molar-refractivity contribution in [3.8, 4) is 16.5 Å². The van der Waals surface area contributed by atoms with E-state index in [1.807, 2.05) is 30.3 Å². The van der Waals surface area contributed by atoms with Crippen molar-refractivity contribution in [2.24, 2.45) is 5.10 Å². The number of benzene rings is 2. The molecule has 29 heavy (non-hydrogen) atoms. The molecule has 0 aliphatic carbocycles. The monoisotopic (exact) mass is 419 g/mol. The molecular weight excluding hydrogens is 398 g/mol. The number of rotatable bonds is 5. The van der Waals surface area contributed by atoms with E-state index in [1.54, 1.807) is 17.6 Å². The van der Waals surface area contributed by atoms with Gasteiger partial charge in [0.1, 0.15) is 0 Å². The highest BCUT2D eigenvalue weighted by atomic mass is 32.2. The first kappa shape index (κ1) is 19.6. The topological polar surface area (TPSA) is 56.5 Å². The fraction of sp³-hybridized carbons (Fsp3) is 0.217. The van der Waals surface area contributed by atoms with Crippen LogP contribution in [0, 0.1) is 18.3 Å². The average Bonchev–Trinajstić information content (AvgIpc) is 3.36. The van der Waals surface area contributed by atoms with Gasteiger partial charge in [0.15, 0.2) is 0 Å². The van der Waals surface area contributed by atoms with Gasteiger partial charge < -0.3 is 0 Å². The van der Waals surface area contributed by atoms with Crippen LogP contribution in [-0.4, -0.2) is 16.2 Å². The molecular formula is C23H21N3OS2. The zero-order valence-corrected chi connectivity index (χ0v) is 18.0. The van der Waals surface area contributed by atoms with Gasteiger partial charge in [0, 0.05) is 38.1 Å². The van der Waals surface area contributed by atoms with Crippen molar-refractivity contribution in [3.05, 3.63) is 71.1 Å². The fourth-order valence-electron chi connectivity index (χ4n) is 3.55. The number of hydrogen-bond donors (Lipinski definition) is 0. The fourth-order valence-corrected chi connectivity index (χ4v) is 5.20. The van der Waals surface area contributed by atoms with Crippen molar-refractivity contribution >= 4 is 33.5 Å². The summed E-state index contributed by atoms with van der Waals surface area (Å²) in [5, 5.41) is 16.0. The maximum Gasteiger partial charge on any atom is 0.0920 e. The van der Waals surface area contributed by atoms with Crippen LogP contribution in [0.25, 0.3) is 10.4 Å². The highest BCUT2D eigenvalue weighted by Gasteiger charge is 2.31. The van der Waals surface area contributed by atoms with Gasteiger partial charge in [-0.1, -0.05) is 30.3 Å². The zero-order chi connectivity index (χ0) is 20.4. The van der Waals surface area contributed by atoms with Crippen LogP contribution in [0.15, 0.2) is 70.7 Å². The maximum absolute atomic E-state index is 11.8. The third-order valence-electron chi connectivity index (χ3n) is 5.02. The summed E-state index contributed by atoms with van der Waals surface area (Å²) in [5.41, 5.74) is 4.23. The quantitative estimate of drug-likeness (QED) is 0.534. The predicted octanol–water partition coefficient (Wildman–Crippen LogP) is 5.68. The van der Waals surface area contributed by atoms with Gasteiger partial charge in [0.25, 0.3) is 0 Å². The lowest BCUT2D eigenvalue weighted by molar-refractivity contribution is 0.687. The highest BCUT2D eigenvalue weighted by Crippen LogP contribution is 2.41. The van der Waals surface area contributed by atoms with Crippen LogP contribution in [-0.2, 0) is 10.8 Å². The molecule has 2 aromatic carbocycles. The summed E-state index contributed by atoms with van der Waals surface area (Å²) < 4.78 is 11.8. The molecule has 4 rings (SSSR count). The average molecular weight is 420 g/mol. The van der Waals surface area contributed by atoms with E-state index >= 15 is 0 Å². The standard InChI is InChI=1S/C23H21N3OS2/c1-16-6-3-4-9-20(16)26-21(15-18(25-26)12-13-24)23-11-10-22(28-23)17-7-5-8-19(14-17)29(2)27/h3-11,14,21H,12,15H2,1-2H3. The first-order valence-corrected chi connectivity index (χ1v) is 11.8. The maximum atomic E-state index is 11.8. The van der Waals surface area contributed by atoms with Gasteiger partial charge in [-0.3, -0.25) is 9.22 Å². The van der Waals surface area contributed by atoms with E-state index in [4.69, 9.17) is 10.4 Å². The minimum absolute atomic E-state index is 0.0849. The number of thiophene rings is 1. The smallest absolute Gasteiger partial charge is 0.0920 e. The van der Waals surface area contributed by atoms with Gasteiger partial charge >= 0.3 is 0 Å². The molecule has 0 spiro atoms. The van der Waals surface area contributed by atoms with Crippen LogP contribution < -0.4 is 5.01 Å². The normalized spacial score (nSPS) is 17.1. The lowest BCUT2D eigenvalue weighted by Gasteiger charge is -2.24. The van der Waals surface area contributed by atoms with Crippen molar-refractivity contribution in [1.82, 2.24) is 0 Å². The van der Waals surface area contributed by atoms with Crippen molar-refractivity contribution in [2.75, 3.05) is 11.3 Å². The van der Waals surface area contributed by atoms with E-state index in [-0.39, 0.29) is 6.04 Å². The van der Waals surface area contributed by atoms with Crippen LogP contribution >= 0.6 is 11.3 Å². The van der Waals surface area contributed by atoms with Crippen molar-refractivity contribution in [2.45, 2.75) is 30.7 Å². The Morgan fingerprint density at radius 3 is 2.79 bits per heavy atom. The molecule has 4 nitrogen and oxygen atoms in total. The van der Waals surface area contributed by atoms with Crippen LogP contribution in [0.5, 0.6) is 0 Å². The lowest BCUT2D eigenvalue weighted by Crippen LogP contribution is -2.18. The van der Waals surface area contributed by atoms with Gasteiger partial charge in [0.05, 0.1) is 29.9 Å². The van der Waals surface area contributed by atoms with Gasteiger partial charge in [-0.2, -0.15) is 10.4 Å². The Morgan fingerprint density at radius 1 is 1.21 bits per heavy atom. The Bertz CT molecular complexity index is 1140. The van der Waals surface area contributed by atoms with Crippen LogP contribution in [0.4, 0.5) is 5.69 Å². The summed E-state index contributed by atoms with van der Waals surface area (Å²) in [4.78, 5) is 3.19. The number of nitriles is 1. The molecule has 0 radical (unpaired) electrons. The number of hydrazone groups is 1. The molecule has 0 saturated heterocycles. The molecule has 2 atom stereocenters. The zero-order valence-electron chi connectivity index (χ0n) is 16.3. The van der Waals surface area contributed by atoms with Gasteiger partial charge in [-0.05, 0) is 48.4 Å². The van der Waals surface area contributed by atoms with Crippen molar-refractivity contribution < 1.29 is 4.21 Å². The summed E-state index contributed by atoms with van der Waals surface area (Å²) in [6, 6.07) is 22.7. The summed E-state index contributed by atoms with van der Waals surface area (Å²) in [7, 11) is -1.00. The molecule has 1 aromatic heterocycles. The molecule has 0 bridgehead atoms. The second kappa shape index (κ2) is 8.32. The van der Waals surface area contributed by atoms with E-state index in [9.17, 15) is 4.21 Å².